The van der Waals surface area contributed by atoms with Crippen molar-refractivity contribution in [2.45, 2.75) is 13.3 Å². The highest BCUT2D eigenvalue weighted by molar-refractivity contribution is 5.89. The molecule has 0 amide bonds. The van der Waals surface area contributed by atoms with Crippen LogP contribution in [0.3, 0.4) is 0 Å². The Bertz CT molecular complexity index is 773. The molecule has 0 saturated heterocycles. The van der Waals surface area contributed by atoms with Gasteiger partial charge in [-0.25, -0.2) is 4.79 Å². The number of aryl methyl sites for hydroxylation is 1. The minimum atomic E-state index is -0.394. The van der Waals surface area contributed by atoms with Gasteiger partial charge in [0.05, 0.1) is 24.5 Å². The van der Waals surface area contributed by atoms with Gasteiger partial charge in [0.2, 0.25) is 0 Å². The molecule has 0 aliphatic carbocycles. The van der Waals surface area contributed by atoms with Gasteiger partial charge >= 0.3 is 5.97 Å². The van der Waals surface area contributed by atoms with Crippen LogP contribution in [0.2, 0.25) is 0 Å². The number of fused-ring (bicyclic) bond motifs is 1. The molecule has 3 aromatic rings. The molecule has 6 heteroatoms. The van der Waals surface area contributed by atoms with Crippen LogP contribution in [0, 0.1) is 0 Å². The Kier molecular flexibility index (Phi) is 2.98. The molecule has 3 rings (SSSR count). The average molecular weight is 271 g/mol. The molecule has 0 aliphatic rings. The van der Waals surface area contributed by atoms with Crippen molar-refractivity contribution in [2.24, 2.45) is 0 Å². The highest BCUT2D eigenvalue weighted by Gasteiger charge is 2.15. The van der Waals surface area contributed by atoms with Gasteiger partial charge < -0.3 is 9.15 Å². The summed E-state index contributed by atoms with van der Waals surface area (Å²) in [6.45, 7) is 2.01. The number of methoxy groups -OCH3 is 1. The first-order valence-corrected chi connectivity index (χ1v) is 6.24. The minimum Gasteiger partial charge on any atom is -0.469 e. The molecule has 0 fully saturated rings. The lowest BCUT2D eigenvalue weighted by Crippen LogP contribution is -2.03. The lowest BCUT2D eigenvalue weighted by atomic mass is 10.2. The van der Waals surface area contributed by atoms with Crippen molar-refractivity contribution in [3.63, 3.8) is 0 Å². The van der Waals surface area contributed by atoms with Gasteiger partial charge in [0, 0.05) is 12.6 Å². The van der Waals surface area contributed by atoms with Crippen molar-refractivity contribution in [1.82, 2.24) is 14.6 Å². The van der Waals surface area contributed by atoms with E-state index in [-0.39, 0.29) is 0 Å². The summed E-state index contributed by atoms with van der Waals surface area (Å²) in [5.41, 5.74) is 1.99. The van der Waals surface area contributed by atoms with Gasteiger partial charge in [-0.1, -0.05) is 6.92 Å². The summed E-state index contributed by atoms with van der Waals surface area (Å²) in [6.07, 6.45) is 4.05. The molecule has 0 N–H and O–H groups in total. The molecule has 0 aromatic carbocycles. The van der Waals surface area contributed by atoms with E-state index in [0.29, 0.717) is 17.0 Å². The maximum absolute atomic E-state index is 11.6. The predicted molar refractivity (Wildman–Crippen MR) is 71.4 cm³/mol. The maximum Gasteiger partial charge on any atom is 0.339 e. The molecule has 0 atom stereocenters. The number of aromatic nitrogens is 3. The van der Waals surface area contributed by atoms with Crippen molar-refractivity contribution in [1.29, 1.82) is 0 Å². The fourth-order valence-corrected chi connectivity index (χ4v) is 2.13. The Balaban J connectivity index is 2.19. The molecule has 20 heavy (non-hydrogen) atoms. The molecule has 0 radical (unpaired) electrons. The van der Waals surface area contributed by atoms with Gasteiger partial charge in [0.1, 0.15) is 5.76 Å². The first-order valence-electron chi connectivity index (χ1n) is 6.24. The van der Waals surface area contributed by atoms with Crippen LogP contribution in [0.5, 0.6) is 0 Å². The zero-order valence-corrected chi connectivity index (χ0v) is 11.2. The second kappa shape index (κ2) is 4.80. The number of esters is 1. The van der Waals surface area contributed by atoms with Gasteiger partial charge in [-0.05, 0) is 18.2 Å². The molecule has 3 aromatic heterocycles. The summed E-state index contributed by atoms with van der Waals surface area (Å²) in [5, 5.41) is 8.27. The van der Waals surface area contributed by atoms with E-state index in [1.165, 1.54) is 7.11 Å². The maximum atomic E-state index is 11.6. The van der Waals surface area contributed by atoms with E-state index >= 15 is 0 Å². The number of furan rings is 1. The number of hydrogen-bond donors (Lipinski definition) is 0. The Labute approximate surface area is 115 Å². The first-order chi connectivity index (χ1) is 9.74. The SMILES string of the molecule is CCc1occc1-c1nnc2ccc(C(=O)OC)cn12. The topological polar surface area (TPSA) is 69.6 Å². The fraction of sp³-hybridized carbons (Fsp3) is 0.214. The molecular weight excluding hydrogens is 258 g/mol. The van der Waals surface area contributed by atoms with Gasteiger partial charge in [-0.15, -0.1) is 10.2 Å². The van der Waals surface area contributed by atoms with Crippen LogP contribution in [-0.2, 0) is 11.2 Å². The van der Waals surface area contributed by atoms with Crippen LogP contribution in [0.1, 0.15) is 23.0 Å². The standard InChI is InChI=1S/C14H13N3O3/c1-3-11-10(6-7-20-11)13-16-15-12-5-4-9(8-17(12)13)14(18)19-2/h4-8H,3H2,1-2H3. The van der Waals surface area contributed by atoms with Crippen LogP contribution in [0.4, 0.5) is 0 Å². The van der Waals surface area contributed by atoms with Crippen LogP contribution < -0.4 is 0 Å². The predicted octanol–water partition coefficient (Wildman–Crippen LogP) is 2.34. The number of nitrogens with zero attached hydrogens (tertiary/aromatic N) is 3. The Hall–Kier alpha value is -2.63. The van der Waals surface area contributed by atoms with Crippen molar-refractivity contribution in [3.05, 3.63) is 42.0 Å². The normalized spacial score (nSPS) is 10.9. The van der Waals surface area contributed by atoms with Crippen molar-refractivity contribution in [2.75, 3.05) is 7.11 Å². The summed E-state index contributed by atoms with van der Waals surface area (Å²) in [4.78, 5) is 11.6. The quantitative estimate of drug-likeness (QED) is 0.684. The first kappa shape index (κ1) is 12.4. The fourth-order valence-electron chi connectivity index (χ4n) is 2.13. The Morgan fingerprint density at radius 2 is 2.20 bits per heavy atom. The number of rotatable bonds is 3. The lowest BCUT2D eigenvalue weighted by molar-refractivity contribution is 0.0600. The Morgan fingerprint density at radius 3 is 2.95 bits per heavy atom. The molecular formula is C14H13N3O3. The highest BCUT2D eigenvalue weighted by atomic mass is 16.5. The highest BCUT2D eigenvalue weighted by Crippen LogP contribution is 2.24. The largest absolute Gasteiger partial charge is 0.469 e. The zero-order valence-electron chi connectivity index (χ0n) is 11.2. The molecule has 102 valence electrons. The summed E-state index contributed by atoms with van der Waals surface area (Å²) >= 11 is 0. The van der Waals surface area contributed by atoms with E-state index in [1.54, 1.807) is 29.0 Å². The van der Waals surface area contributed by atoms with Crippen LogP contribution >= 0.6 is 0 Å². The summed E-state index contributed by atoms with van der Waals surface area (Å²) in [5.74, 6) is 1.09. The second-order valence-electron chi connectivity index (χ2n) is 4.27. The van der Waals surface area contributed by atoms with Crippen LogP contribution in [0.15, 0.2) is 35.1 Å². The van der Waals surface area contributed by atoms with Crippen LogP contribution in [0.25, 0.3) is 17.0 Å². The monoisotopic (exact) mass is 271 g/mol. The van der Waals surface area contributed by atoms with E-state index in [1.807, 2.05) is 13.0 Å². The van der Waals surface area contributed by atoms with Gasteiger partial charge in [-0.2, -0.15) is 0 Å². The number of carbonyl (C=O) groups is 1. The molecule has 0 saturated carbocycles. The lowest BCUT2D eigenvalue weighted by Gasteiger charge is -2.02. The van der Waals surface area contributed by atoms with E-state index in [2.05, 4.69) is 10.2 Å². The molecule has 0 spiro atoms. The van der Waals surface area contributed by atoms with Gasteiger partial charge in [0.25, 0.3) is 0 Å². The van der Waals surface area contributed by atoms with Crippen LogP contribution in [-0.4, -0.2) is 27.7 Å². The Morgan fingerprint density at radius 1 is 1.35 bits per heavy atom. The van der Waals surface area contributed by atoms with Crippen molar-refractivity contribution in [3.8, 4) is 11.4 Å². The van der Waals surface area contributed by atoms with Gasteiger partial charge in [-0.3, -0.25) is 4.40 Å². The molecule has 0 aliphatic heterocycles. The molecule has 0 unspecified atom stereocenters. The molecule has 3 heterocycles. The van der Waals surface area contributed by atoms with E-state index in [4.69, 9.17) is 9.15 Å². The van der Waals surface area contributed by atoms with E-state index in [9.17, 15) is 4.79 Å². The summed E-state index contributed by atoms with van der Waals surface area (Å²) in [7, 11) is 1.35. The summed E-state index contributed by atoms with van der Waals surface area (Å²) < 4.78 is 11.9. The number of carbonyl (C=O) groups excluding carboxylic acids is 1. The summed E-state index contributed by atoms with van der Waals surface area (Å²) in [6, 6.07) is 5.24. The van der Waals surface area contributed by atoms with Gasteiger partial charge in [0.15, 0.2) is 11.5 Å². The second-order valence-corrected chi connectivity index (χ2v) is 4.27. The third-order valence-electron chi connectivity index (χ3n) is 3.13. The van der Waals surface area contributed by atoms with E-state index in [0.717, 1.165) is 17.7 Å². The number of ether oxygens (including phenoxy) is 1. The average Bonchev–Trinajstić information content (AvgIpc) is 3.11. The third kappa shape index (κ3) is 1.85. The number of pyridine rings is 1. The minimum absolute atomic E-state index is 0.394. The molecule has 6 nitrogen and oxygen atoms in total. The zero-order chi connectivity index (χ0) is 14.1. The molecule has 0 bridgehead atoms. The smallest absolute Gasteiger partial charge is 0.339 e. The van der Waals surface area contributed by atoms with Crippen molar-refractivity contribution >= 4 is 11.6 Å². The van der Waals surface area contributed by atoms with Crippen molar-refractivity contribution < 1.29 is 13.9 Å². The number of hydrogen-bond acceptors (Lipinski definition) is 5. The van der Waals surface area contributed by atoms with E-state index < -0.39 is 5.97 Å². The third-order valence-corrected chi connectivity index (χ3v) is 3.13.